The number of carbonyl (C=O) groups excluding carboxylic acids is 1. The summed E-state index contributed by atoms with van der Waals surface area (Å²) in [6.07, 6.45) is 3.01. The number of hydrogen-bond donors (Lipinski definition) is 1. The maximum Gasteiger partial charge on any atom is 0.412 e. The summed E-state index contributed by atoms with van der Waals surface area (Å²) in [5.41, 5.74) is 2.95. The van der Waals surface area contributed by atoms with Crippen LogP contribution in [0.5, 0.6) is 5.75 Å². The molecule has 5 rings (SSSR count). The maximum atomic E-state index is 12.1. The monoisotopic (exact) mass is 431 g/mol. The normalized spacial score (nSPS) is 18.6. The van der Waals surface area contributed by atoms with Gasteiger partial charge in [-0.2, -0.15) is 10.1 Å². The topological polar surface area (TPSA) is 95.1 Å². The van der Waals surface area contributed by atoms with Crippen LogP contribution in [0.2, 0.25) is 0 Å². The van der Waals surface area contributed by atoms with Gasteiger partial charge in [-0.3, -0.25) is 4.68 Å². The summed E-state index contributed by atoms with van der Waals surface area (Å²) in [5.74, 6) is 1.98. The quantitative estimate of drug-likeness (QED) is 0.501. The summed E-state index contributed by atoms with van der Waals surface area (Å²) in [6.45, 7) is 2.00. The Hall–Kier alpha value is -3.68. The molecule has 1 fully saturated rings. The maximum absolute atomic E-state index is 12.1. The predicted molar refractivity (Wildman–Crippen MR) is 119 cm³/mol. The van der Waals surface area contributed by atoms with Crippen LogP contribution in [0.4, 0.5) is 4.79 Å². The van der Waals surface area contributed by atoms with Gasteiger partial charge in [0.25, 0.3) is 0 Å². The summed E-state index contributed by atoms with van der Waals surface area (Å²) in [5, 5.41) is 12.8. The number of nitrogens with zero attached hydrogens (tertiary/aromatic N) is 4. The van der Waals surface area contributed by atoms with Gasteiger partial charge >= 0.3 is 6.09 Å². The lowest BCUT2D eigenvalue weighted by Gasteiger charge is -2.26. The first kappa shape index (κ1) is 20.2. The first-order valence-electron chi connectivity index (χ1n) is 10.9. The summed E-state index contributed by atoms with van der Waals surface area (Å²) in [6, 6.07) is 15.3. The van der Waals surface area contributed by atoms with E-state index >= 15 is 0 Å². The summed E-state index contributed by atoms with van der Waals surface area (Å²) in [7, 11) is 1.93. The molecule has 2 aromatic heterocycles. The minimum Gasteiger partial charge on any atom is -0.410 e. The predicted octanol–water partition coefficient (Wildman–Crippen LogP) is 4.75. The molecule has 164 valence electrons. The number of fused-ring (bicyclic) bond motifs is 1. The number of ether oxygens (including phenoxy) is 1. The first-order valence-corrected chi connectivity index (χ1v) is 10.9. The molecule has 2 heterocycles. The molecule has 8 heteroatoms. The van der Waals surface area contributed by atoms with E-state index in [2.05, 4.69) is 26.6 Å². The van der Waals surface area contributed by atoms with E-state index in [9.17, 15) is 4.79 Å². The van der Waals surface area contributed by atoms with Crippen LogP contribution in [0.3, 0.4) is 0 Å². The van der Waals surface area contributed by atoms with E-state index in [0.717, 1.165) is 47.8 Å². The summed E-state index contributed by atoms with van der Waals surface area (Å²) in [4.78, 5) is 16.8. The number of nitrogens with one attached hydrogen (secondary N) is 1. The average Bonchev–Trinajstić information content (AvgIpc) is 3.40. The molecule has 1 aliphatic carbocycles. The highest BCUT2D eigenvalue weighted by molar-refractivity contribution is 5.85. The van der Waals surface area contributed by atoms with Gasteiger partial charge in [-0.25, -0.2) is 4.79 Å². The van der Waals surface area contributed by atoms with E-state index in [1.54, 1.807) is 12.1 Å². The Morgan fingerprint density at radius 2 is 1.91 bits per heavy atom. The minimum absolute atomic E-state index is 0.0836. The van der Waals surface area contributed by atoms with Crippen LogP contribution in [-0.2, 0) is 7.05 Å². The van der Waals surface area contributed by atoms with Crippen LogP contribution in [0.1, 0.15) is 43.2 Å². The Morgan fingerprint density at radius 3 is 2.69 bits per heavy atom. The highest BCUT2D eigenvalue weighted by atomic mass is 16.6. The second-order valence-electron chi connectivity index (χ2n) is 8.29. The third-order valence-electron chi connectivity index (χ3n) is 6.09. The summed E-state index contributed by atoms with van der Waals surface area (Å²) < 4.78 is 12.8. The lowest BCUT2D eigenvalue weighted by Crippen LogP contribution is -2.39. The van der Waals surface area contributed by atoms with Gasteiger partial charge in [-0.1, -0.05) is 35.5 Å². The fraction of sp³-hybridized carbons (Fsp3) is 0.333. The number of aryl methyl sites for hydroxylation is 2. The lowest BCUT2D eigenvalue weighted by molar-refractivity contribution is 0.189. The van der Waals surface area contributed by atoms with Crippen molar-refractivity contribution in [1.29, 1.82) is 0 Å². The molecular formula is C24H25N5O3. The molecule has 0 aliphatic heterocycles. The van der Waals surface area contributed by atoms with Crippen LogP contribution in [0.25, 0.3) is 22.3 Å². The molecule has 1 saturated carbocycles. The molecule has 0 spiro atoms. The van der Waals surface area contributed by atoms with E-state index in [1.165, 1.54) is 0 Å². The zero-order valence-corrected chi connectivity index (χ0v) is 18.1. The highest BCUT2D eigenvalue weighted by Gasteiger charge is 2.28. The van der Waals surface area contributed by atoms with Crippen molar-refractivity contribution >= 4 is 17.0 Å². The first-order chi connectivity index (χ1) is 15.6. The number of rotatable bonds is 4. The molecule has 1 N–H and O–H groups in total. The molecule has 1 aliphatic rings. The molecular weight excluding hydrogens is 406 g/mol. The van der Waals surface area contributed by atoms with Crippen LogP contribution >= 0.6 is 0 Å². The third-order valence-corrected chi connectivity index (χ3v) is 6.09. The number of aromatic nitrogens is 4. The van der Waals surface area contributed by atoms with Crippen molar-refractivity contribution in [3.05, 3.63) is 60.1 Å². The molecule has 2 aromatic carbocycles. The fourth-order valence-electron chi connectivity index (χ4n) is 4.37. The standard InChI is InChI=1S/C24H25N5O3/c1-15-20-13-10-17(14-21(20)29(2)27-15)22-26-23(32-28-22)16-8-11-18(12-9-16)25-24(30)31-19-6-4-3-5-7-19/h3-7,10,13-14,16,18H,8-9,11-12H2,1-2H3,(H,25,30)/t16-,18+. The number of benzene rings is 2. The van der Waals surface area contributed by atoms with Gasteiger partial charge in [0, 0.05) is 30.0 Å². The van der Waals surface area contributed by atoms with Gasteiger partial charge in [0.05, 0.1) is 11.2 Å². The molecule has 1 amide bonds. The molecule has 8 nitrogen and oxygen atoms in total. The number of carbonyl (C=O) groups is 1. The van der Waals surface area contributed by atoms with Crippen molar-refractivity contribution in [1.82, 2.24) is 25.2 Å². The number of hydrogen-bond acceptors (Lipinski definition) is 6. The molecule has 0 bridgehead atoms. The minimum atomic E-state index is -0.416. The molecule has 0 unspecified atom stereocenters. The fourth-order valence-corrected chi connectivity index (χ4v) is 4.37. The second kappa shape index (κ2) is 8.45. The van der Waals surface area contributed by atoms with Crippen LogP contribution in [0, 0.1) is 6.92 Å². The van der Waals surface area contributed by atoms with Crippen molar-refractivity contribution in [2.75, 3.05) is 0 Å². The number of amides is 1. The van der Waals surface area contributed by atoms with Crippen molar-refractivity contribution in [3.8, 4) is 17.1 Å². The molecule has 0 radical (unpaired) electrons. The van der Waals surface area contributed by atoms with Crippen LogP contribution in [0.15, 0.2) is 53.1 Å². The van der Waals surface area contributed by atoms with E-state index in [0.29, 0.717) is 17.5 Å². The Kier molecular flexibility index (Phi) is 5.34. The van der Waals surface area contributed by atoms with E-state index in [1.807, 2.05) is 49.0 Å². The summed E-state index contributed by atoms with van der Waals surface area (Å²) >= 11 is 0. The van der Waals surface area contributed by atoms with Gasteiger partial charge in [0.15, 0.2) is 0 Å². The largest absolute Gasteiger partial charge is 0.412 e. The smallest absolute Gasteiger partial charge is 0.410 e. The van der Waals surface area contributed by atoms with Crippen molar-refractivity contribution in [2.24, 2.45) is 7.05 Å². The Balaban J connectivity index is 1.20. The lowest BCUT2D eigenvalue weighted by atomic mass is 9.86. The Morgan fingerprint density at radius 1 is 1.12 bits per heavy atom. The SMILES string of the molecule is Cc1nn(C)c2cc(-c3noc([C@H]4CC[C@@H](NC(=O)Oc5ccccc5)CC4)n3)ccc12. The highest BCUT2D eigenvalue weighted by Crippen LogP contribution is 2.33. The molecule has 0 atom stereocenters. The second-order valence-corrected chi connectivity index (χ2v) is 8.29. The van der Waals surface area contributed by atoms with Crippen molar-refractivity contribution in [3.63, 3.8) is 0 Å². The molecule has 0 saturated heterocycles. The molecule has 4 aromatic rings. The van der Waals surface area contributed by atoms with Gasteiger partial charge < -0.3 is 14.6 Å². The van der Waals surface area contributed by atoms with Gasteiger partial charge in [0.1, 0.15) is 5.75 Å². The Labute approximate surface area is 185 Å². The zero-order valence-electron chi connectivity index (χ0n) is 18.1. The number of para-hydroxylation sites is 1. The third kappa shape index (κ3) is 4.08. The average molecular weight is 431 g/mol. The van der Waals surface area contributed by atoms with Crippen LogP contribution < -0.4 is 10.1 Å². The van der Waals surface area contributed by atoms with Gasteiger partial charge in [0.2, 0.25) is 11.7 Å². The van der Waals surface area contributed by atoms with Gasteiger partial charge in [-0.05, 0) is 50.8 Å². The van der Waals surface area contributed by atoms with E-state index in [-0.39, 0.29) is 12.0 Å². The van der Waals surface area contributed by atoms with Crippen LogP contribution in [-0.4, -0.2) is 32.1 Å². The van der Waals surface area contributed by atoms with Gasteiger partial charge in [-0.15, -0.1) is 0 Å². The van der Waals surface area contributed by atoms with E-state index < -0.39 is 6.09 Å². The van der Waals surface area contributed by atoms with Crippen molar-refractivity contribution in [2.45, 2.75) is 44.6 Å². The molecule has 32 heavy (non-hydrogen) atoms. The van der Waals surface area contributed by atoms with Crippen molar-refractivity contribution < 1.29 is 14.1 Å². The Bertz CT molecular complexity index is 1240. The zero-order chi connectivity index (χ0) is 22.1. The van der Waals surface area contributed by atoms with E-state index in [4.69, 9.17) is 9.26 Å².